The zero-order chi connectivity index (χ0) is 12.1. The predicted molar refractivity (Wildman–Crippen MR) is 63.2 cm³/mol. The van der Waals surface area contributed by atoms with Crippen LogP contribution in [0.5, 0.6) is 0 Å². The molecule has 5 heteroatoms. The quantitative estimate of drug-likeness (QED) is 0.834. The normalized spacial score (nSPS) is 16.9. The van der Waals surface area contributed by atoms with Gasteiger partial charge in [0.2, 0.25) is 0 Å². The fourth-order valence-corrected chi connectivity index (χ4v) is 1.80. The molecule has 0 aliphatic carbocycles. The van der Waals surface area contributed by atoms with Crippen LogP contribution in [-0.4, -0.2) is 35.1 Å². The number of ether oxygens (including phenoxy) is 1. The first-order chi connectivity index (χ1) is 8.25. The van der Waals surface area contributed by atoms with Crippen molar-refractivity contribution >= 4 is 6.09 Å². The molecule has 0 bridgehead atoms. The average molecular weight is 235 g/mol. The minimum atomic E-state index is -0.256. The molecule has 0 atom stereocenters. The van der Waals surface area contributed by atoms with Gasteiger partial charge in [0.1, 0.15) is 6.61 Å². The molecule has 0 saturated carbocycles. The van der Waals surface area contributed by atoms with Crippen LogP contribution in [0.25, 0.3) is 0 Å². The van der Waals surface area contributed by atoms with E-state index < -0.39 is 0 Å². The van der Waals surface area contributed by atoms with Gasteiger partial charge in [0, 0.05) is 31.5 Å². The molecule has 2 rings (SSSR count). The van der Waals surface area contributed by atoms with Crippen molar-refractivity contribution < 1.29 is 9.53 Å². The van der Waals surface area contributed by atoms with Gasteiger partial charge < -0.3 is 15.4 Å². The number of aromatic nitrogens is 1. The first kappa shape index (κ1) is 11.9. The molecule has 0 spiro atoms. The lowest BCUT2D eigenvalue weighted by Gasteiger charge is -2.29. The molecular formula is C12H17N3O2. The number of hydrogen-bond acceptors (Lipinski definition) is 4. The fourth-order valence-electron chi connectivity index (χ4n) is 1.80. The van der Waals surface area contributed by atoms with E-state index in [1.54, 1.807) is 17.3 Å². The van der Waals surface area contributed by atoms with Crippen molar-refractivity contribution in [3.8, 4) is 0 Å². The van der Waals surface area contributed by atoms with Crippen LogP contribution in [-0.2, 0) is 11.3 Å². The number of hydrogen-bond donors (Lipinski definition) is 1. The van der Waals surface area contributed by atoms with Crippen molar-refractivity contribution in [3.63, 3.8) is 0 Å². The highest BCUT2D eigenvalue weighted by Crippen LogP contribution is 2.10. The number of rotatable bonds is 2. The largest absolute Gasteiger partial charge is 0.445 e. The third-order valence-corrected chi connectivity index (χ3v) is 2.91. The second-order valence-corrected chi connectivity index (χ2v) is 4.23. The van der Waals surface area contributed by atoms with Gasteiger partial charge in [-0.1, -0.05) is 0 Å². The smallest absolute Gasteiger partial charge is 0.410 e. The van der Waals surface area contributed by atoms with Crippen LogP contribution in [0, 0.1) is 0 Å². The van der Waals surface area contributed by atoms with Gasteiger partial charge >= 0.3 is 6.09 Å². The van der Waals surface area contributed by atoms with Crippen molar-refractivity contribution in [3.05, 3.63) is 30.1 Å². The lowest BCUT2D eigenvalue weighted by molar-refractivity contribution is 0.0873. The Hall–Kier alpha value is -1.62. The second-order valence-electron chi connectivity index (χ2n) is 4.23. The molecular weight excluding hydrogens is 218 g/mol. The number of likely N-dealkylation sites (tertiary alicyclic amines) is 1. The molecule has 0 aromatic carbocycles. The molecule has 1 aromatic heterocycles. The monoisotopic (exact) mass is 235 g/mol. The van der Waals surface area contributed by atoms with Crippen molar-refractivity contribution in [1.82, 2.24) is 9.88 Å². The van der Waals surface area contributed by atoms with Crippen LogP contribution in [0.2, 0.25) is 0 Å². The van der Waals surface area contributed by atoms with E-state index >= 15 is 0 Å². The van der Waals surface area contributed by atoms with Gasteiger partial charge in [-0.15, -0.1) is 0 Å². The van der Waals surface area contributed by atoms with Gasteiger partial charge in [0.25, 0.3) is 0 Å². The molecule has 1 amide bonds. The molecule has 5 nitrogen and oxygen atoms in total. The number of pyridine rings is 1. The Kier molecular flexibility index (Phi) is 3.93. The summed E-state index contributed by atoms with van der Waals surface area (Å²) in [7, 11) is 0. The Balaban J connectivity index is 1.78. The maximum atomic E-state index is 11.7. The molecule has 0 unspecified atom stereocenters. The van der Waals surface area contributed by atoms with Crippen LogP contribution in [0.3, 0.4) is 0 Å². The lowest BCUT2D eigenvalue weighted by Crippen LogP contribution is -2.43. The average Bonchev–Trinajstić information content (AvgIpc) is 2.38. The van der Waals surface area contributed by atoms with E-state index in [1.165, 1.54) is 0 Å². The van der Waals surface area contributed by atoms with E-state index in [2.05, 4.69) is 4.98 Å². The highest BCUT2D eigenvalue weighted by Gasteiger charge is 2.21. The summed E-state index contributed by atoms with van der Waals surface area (Å²) in [5.41, 5.74) is 6.72. The lowest BCUT2D eigenvalue weighted by atomic mass is 10.1. The molecule has 17 heavy (non-hydrogen) atoms. The molecule has 2 N–H and O–H groups in total. The van der Waals surface area contributed by atoms with Crippen LogP contribution >= 0.6 is 0 Å². The number of nitrogens with zero attached hydrogens (tertiary/aromatic N) is 2. The minimum absolute atomic E-state index is 0.222. The van der Waals surface area contributed by atoms with Crippen LogP contribution < -0.4 is 5.73 Å². The summed E-state index contributed by atoms with van der Waals surface area (Å²) < 4.78 is 5.22. The molecule has 1 saturated heterocycles. The maximum Gasteiger partial charge on any atom is 0.410 e. The summed E-state index contributed by atoms with van der Waals surface area (Å²) in [4.78, 5) is 17.3. The number of carbonyl (C=O) groups excluding carboxylic acids is 1. The highest BCUT2D eigenvalue weighted by atomic mass is 16.6. The first-order valence-corrected chi connectivity index (χ1v) is 5.82. The Morgan fingerprint density at radius 1 is 1.41 bits per heavy atom. The topological polar surface area (TPSA) is 68.5 Å². The number of carbonyl (C=O) groups is 1. The van der Waals surface area contributed by atoms with Crippen molar-refractivity contribution in [2.24, 2.45) is 5.73 Å². The first-order valence-electron chi connectivity index (χ1n) is 5.82. The summed E-state index contributed by atoms with van der Waals surface area (Å²) in [6, 6.07) is 3.89. The predicted octanol–water partition coefficient (Wildman–Crippen LogP) is 1.14. The molecule has 2 heterocycles. The van der Waals surface area contributed by atoms with Gasteiger partial charge in [0.05, 0.1) is 0 Å². The van der Waals surface area contributed by atoms with Crippen LogP contribution in [0.1, 0.15) is 18.4 Å². The summed E-state index contributed by atoms with van der Waals surface area (Å²) in [5.74, 6) is 0. The van der Waals surface area contributed by atoms with E-state index in [-0.39, 0.29) is 12.1 Å². The van der Waals surface area contributed by atoms with Crippen LogP contribution in [0.4, 0.5) is 4.79 Å². The maximum absolute atomic E-state index is 11.7. The number of nitrogens with two attached hydrogens (primary N) is 1. The third-order valence-electron chi connectivity index (χ3n) is 2.91. The minimum Gasteiger partial charge on any atom is -0.445 e. The fraction of sp³-hybridized carbons (Fsp3) is 0.500. The van der Waals surface area contributed by atoms with Crippen molar-refractivity contribution in [2.45, 2.75) is 25.5 Å². The SMILES string of the molecule is NC1CCN(C(=O)OCc2ccncc2)CC1. The van der Waals surface area contributed by atoms with Crippen molar-refractivity contribution in [1.29, 1.82) is 0 Å². The van der Waals surface area contributed by atoms with Gasteiger partial charge in [0.15, 0.2) is 0 Å². The molecule has 1 aliphatic heterocycles. The molecule has 1 aromatic rings. The standard InChI is InChI=1S/C12H17N3O2/c13-11-3-7-15(8-4-11)12(16)17-9-10-1-5-14-6-2-10/h1-2,5-6,11H,3-4,7-9,13H2. The second kappa shape index (κ2) is 5.63. The zero-order valence-corrected chi connectivity index (χ0v) is 9.71. The number of amides is 1. The number of piperidine rings is 1. The Labute approximate surface area is 101 Å². The van der Waals surface area contributed by atoms with E-state index in [0.29, 0.717) is 19.7 Å². The van der Waals surface area contributed by atoms with Gasteiger partial charge in [-0.2, -0.15) is 0 Å². The highest BCUT2D eigenvalue weighted by molar-refractivity contribution is 5.67. The molecule has 92 valence electrons. The summed E-state index contributed by atoms with van der Waals surface area (Å²) in [5, 5.41) is 0. The van der Waals surface area contributed by atoms with E-state index in [1.807, 2.05) is 12.1 Å². The third kappa shape index (κ3) is 3.42. The molecule has 1 aliphatic rings. The summed E-state index contributed by atoms with van der Waals surface area (Å²) >= 11 is 0. The van der Waals surface area contributed by atoms with Gasteiger partial charge in [-0.3, -0.25) is 4.98 Å². The van der Waals surface area contributed by atoms with Crippen LogP contribution in [0.15, 0.2) is 24.5 Å². The van der Waals surface area contributed by atoms with E-state index in [4.69, 9.17) is 10.5 Å². The van der Waals surface area contributed by atoms with E-state index in [0.717, 1.165) is 18.4 Å². The van der Waals surface area contributed by atoms with Crippen molar-refractivity contribution in [2.75, 3.05) is 13.1 Å². The Morgan fingerprint density at radius 2 is 2.06 bits per heavy atom. The Bertz CT molecular complexity index is 361. The Morgan fingerprint density at radius 3 is 2.71 bits per heavy atom. The molecule has 0 radical (unpaired) electrons. The summed E-state index contributed by atoms with van der Waals surface area (Å²) in [6.07, 6.45) is 4.81. The van der Waals surface area contributed by atoms with Gasteiger partial charge in [-0.25, -0.2) is 4.79 Å². The van der Waals surface area contributed by atoms with Gasteiger partial charge in [-0.05, 0) is 30.5 Å². The zero-order valence-electron chi connectivity index (χ0n) is 9.71. The summed E-state index contributed by atoms with van der Waals surface area (Å²) in [6.45, 7) is 1.68. The molecule has 1 fully saturated rings. The van der Waals surface area contributed by atoms with E-state index in [9.17, 15) is 4.79 Å².